The number of allylic oxidation sites excluding steroid dienone is 5. The van der Waals surface area contributed by atoms with E-state index in [9.17, 15) is 0 Å². The van der Waals surface area contributed by atoms with Crippen molar-refractivity contribution in [2.75, 3.05) is 6.61 Å². The van der Waals surface area contributed by atoms with Crippen molar-refractivity contribution in [2.24, 2.45) is 5.92 Å². The van der Waals surface area contributed by atoms with Crippen LogP contribution in [0.4, 0.5) is 0 Å². The van der Waals surface area contributed by atoms with E-state index in [2.05, 4.69) is 25.5 Å². The van der Waals surface area contributed by atoms with Crippen molar-refractivity contribution in [1.82, 2.24) is 9.78 Å². The molecule has 0 aromatic carbocycles. The Kier molecular flexibility index (Phi) is 6.13. The quantitative estimate of drug-likeness (QED) is 0.543. The highest BCUT2D eigenvalue weighted by Crippen LogP contribution is 2.19. The van der Waals surface area contributed by atoms with Gasteiger partial charge in [-0.2, -0.15) is 5.10 Å². The van der Waals surface area contributed by atoms with Crippen LogP contribution in [0.3, 0.4) is 0 Å². The minimum Gasteiger partial charge on any atom is -0.498 e. The Morgan fingerprint density at radius 2 is 2.26 bits per heavy atom. The molecule has 0 saturated heterocycles. The molecule has 1 unspecified atom stereocenters. The van der Waals surface area contributed by atoms with Crippen molar-refractivity contribution in [3.63, 3.8) is 0 Å². The summed E-state index contributed by atoms with van der Waals surface area (Å²) >= 11 is 0. The van der Waals surface area contributed by atoms with E-state index in [-0.39, 0.29) is 0 Å². The van der Waals surface area contributed by atoms with Gasteiger partial charge in [-0.1, -0.05) is 26.5 Å². The molecule has 1 aromatic heterocycles. The van der Waals surface area contributed by atoms with Gasteiger partial charge < -0.3 is 4.74 Å². The first kappa shape index (κ1) is 15.3. The molecule has 0 aliphatic heterocycles. The van der Waals surface area contributed by atoms with Gasteiger partial charge in [0.25, 0.3) is 0 Å². The van der Waals surface area contributed by atoms with Crippen molar-refractivity contribution >= 4 is 5.70 Å². The minimum atomic E-state index is 0.393. The molecule has 1 heterocycles. The predicted molar refractivity (Wildman–Crippen MR) is 80.6 cm³/mol. The fourth-order valence-electron chi connectivity index (χ4n) is 1.71. The zero-order chi connectivity index (χ0) is 14.3. The van der Waals surface area contributed by atoms with Crippen LogP contribution in [0, 0.1) is 12.8 Å². The van der Waals surface area contributed by atoms with Crippen molar-refractivity contribution in [3.8, 4) is 0 Å². The third-order valence-corrected chi connectivity index (χ3v) is 2.97. The number of ether oxygens (including phenoxy) is 1. The van der Waals surface area contributed by atoms with E-state index >= 15 is 0 Å². The first-order valence-corrected chi connectivity index (χ1v) is 6.82. The molecule has 0 bridgehead atoms. The van der Waals surface area contributed by atoms with Gasteiger partial charge in [0.15, 0.2) is 0 Å². The summed E-state index contributed by atoms with van der Waals surface area (Å²) < 4.78 is 7.59. The zero-order valence-electron chi connectivity index (χ0n) is 12.4. The SMILES string of the molecule is C=C/C=C(\C=C(\OCC)C(C)CC)n1ccc(C)n1. The van der Waals surface area contributed by atoms with Crippen LogP contribution in [0.1, 0.15) is 32.9 Å². The molecule has 3 nitrogen and oxygen atoms in total. The second-order valence-electron chi connectivity index (χ2n) is 4.52. The van der Waals surface area contributed by atoms with Crippen LogP contribution in [0.5, 0.6) is 0 Å². The highest BCUT2D eigenvalue weighted by Gasteiger charge is 2.09. The number of rotatable bonds is 7. The van der Waals surface area contributed by atoms with E-state index in [0.717, 1.165) is 23.6 Å². The second-order valence-corrected chi connectivity index (χ2v) is 4.52. The van der Waals surface area contributed by atoms with Gasteiger partial charge in [-0.3, -0.25) is 0 Å². The molecule has 1 atom stereocenters. The predicted octanol–water partition coefficient (Wildman–Crippen LogP) is 4.18. The normalized spacial score (nSPS) is 14.3. The van der Waals surface area contributed by atoms with E-state index in [1.807, 2.05) is 42.9 Å². The Morgan fingerprint density at radius 3 is 2.74 bits per heavy atom. The molecule has 0 aliphatic rings. The van der Waals surface area contributed by atoms with Crippen LogP contribution in [-0.2, 0) is 4.74 Å². The maximum atomic E-state index is 5.74. The van der Waals surface area contributed by atoms with Crippen LogP contribution in [-0.4, -0.2) is 16.4 Å². The van der Waals surface area contributed by atoms with Gasteiger partial charge in [-0.05, 0) is 32.4 Å². The summed E-state index contributed by atoms with van der Waals surface area (Å²) in [5.74, 6) is 1.39. The number of nitrogens with zero attached hydrogens (tertiary/aromatic N) is 2. The molecule has 1 aromatic rings. The second kappa shape index (κ2) is 7.62. The molecular formula is C16H24N2O. The summed E-state index contributed by atoms with van der Waals surface area (Å²) in [4.78, 5) is 0. The highest BCUT2D eigenvalue weighted by atomic mass is 16.5. The van der Waals surface area contributed by atoms with Crippen LogP contribution in [0.25, 0.3) is 5.70 Å². The number of hydrogen-bond donors (Lipinski definition) is 0. The fraction of sp³-hybridized carbons (Fsp3) is 0.438. The standard InChI is InChI=1S/C16H24N2O/c1-6-9-15(18-11-10-14(5)17-18)12-16(19-8-3)13(4)7-2/h6,9-13H,1,7-8H2,2-5H3/b15-9+,16-12+. The average molecular weight is 260 g/mol. The molecule has 104 valence electrons. The van der Waals surface area contributed by atoms with E-state index < -0.39 is 0 Å². The van der Waals surface area contributed by atoms with E-state index in [0.29, 0.717) is 12.5 Å². The van der Waals surface area contributed by atoms with Crippen LogP contribution in [0.15, 0.2) is 42.8 Å². The lowest BCUT2D eigenvalue weighted by atomic mass is 10.1. The number of aryl methyl sites for hydroxylation is 1. The highest BCUT2D eigenvalue weighted by molar-refractivity contribution is 5.59. The van der Waals surface area contributed by atoms with Crippen molar-refractivity contribution in [2.45, 2.75) is 34.1 Å². The minimum absolute atomic E-state index is 0.393. The fourth-order valence-corrected chi connectivity index (χ4v) is 1.71. The van der Waals surface area contributed by atoms with Gasteiger partial charge in [0.05, 0.1) is 18.0 Å². The van der Waals surface area contributed by atoms with Crippen LogP contribution < -0.4 is 0 Å². The monoisotopic (exact) mass is 260 g/mol. The van der Waals surface area contributed by atoms with Gasteiger partial charge in [-0.15, -0.1) is 0 Å². The Balaban J connectivity index is 3.11. The van der Waals surface area contributed by atoms with Crippen molar-refractivity contribution in [1.29, 1.82) is 0 Å². The Bertz CT molecular complexity index is 469. The summed E-state index contributed by atoms with van der Waals surface area (Å²) in [6.07, 6.45) is 8.75. The Labute approximate surface area is 116 Å². The molecule has 0 radical (unpaired) electrons. The van der Waals surface area contributed by atoms with Gasteiger partial charge in [0.2, 0.25) is 0 Å². The molecule has 0 spiro atoms. The van der Waals surface area contributed by atoms with E-state index in [1.165, 1.54) is 0 Å². The largest absolute Gasteiger partial charge is 0.498 e. The van der Waals surface area contributed by atoms with Crippen molar-refractivity contribution < 1.29 is 4.74 Å². The molecule has 19 heavy (non-hydrogen) atoms. The number of hydrogen-bond acceptors (Lipinski definition) is 2. The molecule has 3 heteroatoms. The summed E-state index contributed by atoms with van der Waals surface area (Å²) in [6, 6.07) is 1.98. The van der Waals surface area contributed by atoms with E-state index in [1.54, 1.807) is 6.08 Å². The summed E-state index contributed by atoms with van der Waals surface area (Å²) in [6.45, 7) is 12.7. The summed E-state index contributed by atoms with van der Waals surface area (Å²) in [5, 5.41) is 4.43. The first-order valence-electron chi connectivity index (χ1n) is 6.82. The van der Waals surface area contributed by atoms with E-state index in [4.69, 9.17) is 4.74 Å². The molecule has 0 aliphatic carbocycles. The lowest BCUT2D eigenvalue weighted by Crippen LogP contribution is -2.05. The summed E-state index contributed by atoms with van der Waals surface area (Å²) in [5.41, 5.74) is 1.96. The van der Waals surface area contributed by atoms with Crippen LogP contribution >= 0.6 is 0 Å². The lowest BCUT2D eigenvalue weighted by molar-refractivity contribution is 0.194. The molecule has 0 saturated carbocycles. The first-order chi connectivity index (χ1) is 9.12. The zero-order valence-corrected chi connectivity index (χ0v) is 12.4. The van der Waals surface area contributed by atoms with Gasteiger partial charge in [0.1, 0.15) is 5.76 Å². The smallest absolute Gasteiger partial charge is 0.101 e. The maximum absolute atomic E-state index is 5.74. The molecule has 0 fully saturated rings. The lowest BCUT2D eigenvalue weighted by Gasteiger charge is -2.15. The van der Waals surface area contributed by atoms with Crippen LogP contribution in [0.2, 0.25) is 0 Å². The topological polar surface area (TPSA) is 27.1 Å². The molecule has 0 amide bonds. The van der Waals surface area contributed by atoms with Gasteiger partial charge >= 0.3 is 0 Å². The van der Waals surface area contributed by atoms with Gasteiger partial charge in [0, 0.05) is 18.2 Å². The summed E-state index contributed by atoms with van der Waals surface area (Å²) in [7, 11) is 0. The molecule has 0 N–H and O–H groups in total. The third kappa shape index (κ3) is 4.43. The van der Waals surface area contributed by atoms with Crippen molar-refractivity contribution in [3.05, 3.63) is 48.5 Å². The number of aromatic nitrogens is 2. The molecular weight excluding hydrogens is 236 g/mol. The maximum Gasteiger partial charge on any atom is 0.101 e. The van der Waals surface area contributed by atoms with Gasteiger partial charge in [-0.25, -0.2) is 4.68 Å². The Hall–Kier alpha value is -1.77. The average Bonchev–Trinajstić information content (AvgIpc) is 2.83. The Morgan fingerprint density at radius 1 is 1.53 bits per heavy atom. The molecule has 1 rings (SSSR count). The third-order valence-electron chi connectivity index (χ3n) is 2.97.